The largest absolute Gasteiger partial charge is 0.465 e. The third kappa shape index (κ3) is 10.1. The van der Waals surface area contributed by atoms with Crippen molar-refractivity contribution >= 4 is 24.2 Å². The summed E-state index contributed by atoms with van der Waals surface area (Å²) >= 11 is 0. The molecule has 31 heavy (non-hydrogen) atoms. The molecule has 0 spiro atoms. The number of hydrogen-bond donors (Lipinski definition) is 2. The van der Waals surface area contributed by atoms with E-state index in [0.29, 0.717) is 32.4 Å². The molecule has 1 fully saturated rings. The van der Waals surface area contributed by atoms with Gasteiger partial charge in [0, 0.05) is 32.1 Å². The van der Waals surface area contributed by atoms with E-state index in [0.717, 1.165) is 0 Å². The highest BCUT2D eigenvalue weighted by Crippen LogP contribution is 2.18. The zero-order valence-corrected chi connectivity index (χ0v) is 19.2. The number of amides is 3. The summed E-state index contributed by atoms with van der Waals surface area (Å²) in [5.74, 6) is 2.46. The number of ether oxygens (including phenoxy) is 2. The Labute approximate surface area is 184 Å². The average Bonchev–Trinajstić information content (AvgIpc) is 2.58. The maximum atomic E-state index is 12.3. The van der Waals surface area contributed by atoms with E-state index in [2.05, 4.69) is 16.2 Å². The topological polar surface area (TPSA) is 121 Å². The van der Waals surface area contributed by atoms with Crippen LogP contribution in [-0.2, 0) is 9.47 Å². The lowest BCUT2D eigenvalue weighted by Gasteiger charge is -2.38. The van der Waals surface area contributed by atoms with E-state index in [-0.39, 0.29) is 18.5 Å². The van der Waals surface area contributed by atoms with Crippen LogP contribution in [0.3, 0.4) is 0 Å². The number of rotatable bonds is 3. The van der Waals surface area contributed by atoms with Crippen molar-refractivity contribution in [3.63, 3.8) is 0 Å². The number of carbonyl (C=O) groups is 3. The molecule has 0 aromatic heterocycles. The molecule has 0 unspecified atom stereocenters. The molecule has 10 heteroatoms. The van der Waals surface area contributed by atoms with Crippen molar-refractivity contribution in [3.8, 4) is 12.3 Å². The second kappa shape index (κ2) is 10.9. The Kier molecular flexibility index (Phi) is 9.16. The molecule has 1 rings (SSSR count). The van der Waals surface area contributed by atoms with Gasteiger partial charge in [-0.3, -0.25) is 5.32 Å². The van der Waals surface area contributed by atoms with E-state index in [1.165, 1.54) is 4.90 Å². The lowest BCUT2D eigenvalue weighted by Crippen LogP contribution is -2.53. The monoisotopic (exact) mass is 438 g/mol. The summed E-state index contributed by atoms with van der Waals surface area (Å²) in [6.45, 7) is 11.3. The molecule has 0 aliphatic carbocycles. The number of terminal acetylenes is 1. The van der Waals surface area contributed by atoms with Gasteiger partial charge in [-0.25, -0.2) is 14.4 Å². The van der Waals surface area contributed by atoms with E-state index < -0.39 is 29.5 Å². The molecule has 0 radical (unpaired) electrons. The van der Waals surface area contributed by atoms with E-state index in [1.54, 1.807) is 46.4 Å². The van der Waals surface area contributed by atoms with Crippen molar-refractivity contribution in [2.45, 2.75) is 78.0 Å². The molecule has 0 saturated carbocycles. The van der Waals surface area contributed by atoms with Gasteiger partial charge in [-0.15, -0.1) is 17.3 Å². The van der Waals surface area contributed by atoms with E-state index in [4.69, 9.17) is 15.9 Å². The van der Waals surface area contributed by atoms with Gasteiger partial charge in [-0.2, -0.15) is 0 Å². The van der Waals surface area contributed by atoms with Crippen molar-refractivity contribution in [1.82, 2.24) is 15.1 Å². The Hall–Kier alpha value is -2.96. The van der Waals surface area contributed by atoms with E-state index in [9.17, 15) is 19.5 Å². The first kappa shape index (κ1) is 26.1. The Bertz CT molecular complexity index is 722. The first-order valence-electron chi connectivity index (χ1n) is 10.2. The third-order valence-corrected chi connectivity index (χ3v) is 4.15. The van der Waals surface area contributed by atoms with Gasteiger partial charge in [-0.1, -0.05) is 0 Å². The second-order valence-corrected chi connectivity index (χ2v) is 9.19. The first-order valence-corrected chi connectivity index (χ1v) is 10.2. The summed E-state index contributed by atoms with van der Waals surface area (Å²) in [4.78, 5) is 43.0. The zero-order valence-electron chi connectivity index (χ0n) is 19.2. The molecule has 0 bridgehead atoms. The Morgan fingerprint density at radius 1 is 1.13 bits per heavy atom. The fraction of sp³-hybridized carbons (Fsp3) is 0.714. The SMILES string of the molecule is C#CCCN(C(=O)O)C1CCN(C(=NC(=O)OC(C)(C)C)NC(=O)OC(C)(C)C)CC1. The number of likely N-dealkylation sites (tertiary alicyclic amines) is 1. The maximum absolute atomic E-state index is 12.3. The fourth-order valence-corrected chi connectivity index (χ4v) is 2.95. The molecule has 1 saturated heterocycles. The molecule has 1 heterocycles. The lowest BCUT2D eigenvalue weighted by atomic mass is 10.0. The standard InChI is InChI=1S/C21H34N4O6/c1-8-9-12-25(19(28)29)15-10-13-24(14-11-15)16(22-17(26)30-20(2,3)4)23-18(27)31-21(5,6)7/h1,15H,9-14H2,2-7H3,(H,28,29)(H,22,23,26,27). The first-order chi connectivity index (χ1) is 14.2. The second-order valence-electron chi connectivity index (χ2n) is 9.19. The minimum atomic E-state index is -1.02. The van der Waals surface area contributed by atoms with Crippen molar-refractivity contribution in [1.29, 1.82) is 0 Å². The van der Waals surface area contributed by atoms with Gasteiger partial charge in [0.05, 0.1) is 0 Å². The number of piperidine rings is 1. The Balaban J connectivity index is 2.94. The fourth-order valence-electron chi connectivity index (χ4n) is 2.95. The molecule has 0 atom stereocenters. The van der Waals surface area contributed by atoms with E-state index >= 15 is 0 Å². The summed E-state index contributed by atoms with van der Waals surface area (Å²) in [5, 5.41) is 12.0. The molecule has 3 amide bonds. The number of hydrogen-bond acceptors (Lipinski definition) is 5. The number of carboxylic acid groups (broad SMARTS) is 1. The van der Waals surface area contributed by atoms with Crippen molar-refractivity contribution < 1.29 is 29.0 Å². The van der Waals surface area contributed by atoms with Crippen LogP contribution in [-0.4, -0.2) is 76.0 Å². The van der Waals surface area contributed by atoms with Crippen LogP contribution in [0.15, 0.2) is 4.99 Å². The Morgan fingerprint density at radius 2 is 1.68 bits per heavy atom. The summed E-state index contributed by atoms with van der Waals surface area (Å²) in [6.07, 6.45) is 3.94. The molecule has 1 aliphatic heterocycles. The van der Waals surface area contributed by atoms with Crippen LogP contribution in [0.25, 0.3) is 0 Å². The normalized spacial score (nSPS) is 15.6. The van der Waals surface area contributed by atoms with Gasteiger partial charge in [0.25, 0.3) is 0 Å². The molecular formula is C21H34N4O6. The molecule has 10 nitrogen and oxygen atoms in total. The summed E-state index contributed by atoms with van der Waals surface area (Å²) < 4.78 is 10.5. The molecular weight excluding hydrogens is 404 g/mol. The van der Waals surface area contributed by atoms with Crippen LogP contribution in [0.4, 0.5) is 14.4 Å². The maximum Gasteiger partial charge on any atom is 0.437 e. The van der Waals surface area contributed by atoms with Crippen LogP contribution in [0.5, 0.6) is 0 Å². The van der Waals surface area contributed by atoms with Crippen LogP contribution < -0.4 is 5.32 Å². The summed E-state index contributed by atoms with van der Waals surface area (Å²) in [7, 11) is 0. The van der Waals surface area contributed by atoms with Crippen LogP contribution >= 0.6 is 0 Å². The number of aliphatic imine (C=N–C) groups is 1. The van der Waals surface area contributed by atoms with Gasteiger partial charge in [0.15, 0.2) is 0 Å². The molecule has 2 N–H and O–H groups in total. The number of nitrogens with zero attached hydrogens (tertiary/aromatic N) is 3. The van der Waals surface area contributed by atoms with Gasteiger partial charge in [0.1, 0.15) is 11.2 Å². The van der Waals surface area contributed by atoms with Crippen LogP contribution in [0, 0.1) is 12.3 Å². The highest BCUT2D eigenvalue weighted by molar-refractivity contribution is 5.99. The quantitative estimate of drug-likeness (QED) is 0.394. The van der Waals surface area contributed by atoms with Crippen molar-refractivity contribution in [2.75, 3.05) is 19.6 Å². The number of alkyl carbamates (subject to hydrolysis) is 1. The highest BCUT2D eigenvalue weighted by Gasteiger charge is 2.30. The molecule has 1 aliphatic rings. The molecule has 0 aromatic rings. The van der Waals surface area contributed by atoms with Gasteiger partial charge in [-0.05, 0) is 54.4 Å². The summed E-state index contributed by atoms with van der Waals surface area (Å²) in [6, 6.07) is -0.216. The number of carbonyl (C=O) groups excluding carboxylic acids is 2. The minimum absolute atomic E-state index is 0.00690. The van der Waals surface area contributed by atoms with Crippen LogP contribution in [0.1, 0.15) is 60.8 Å². The number of guanidine groups is 1. The van der Waals surface area contributed by atoms with E-state index in [1.807, 2.05) is 0 Å². The van der Waals surface area contributed by atoms with Gasteiger partial charge in [0.2, 0.25) is 5.96 Å². The lowest BCUT2D eigenvalue weighted by molar-refractivity contribution is 0.0551. The van der Waals surface area contributed by atoms with Crippen molar-refractivity contribution in [2.24, 2.45) is 4.99 Å². The highest BCUT2D eigenvalue weighted by atomic mass is 16.6. The molecule has 174 valence electrons. The minimum Gasteiger partial charge on any atom is -0.465 e. The molecule has 0 aromatic carbocycles. The third-order valence-electron chi connectivity index (χ3n) is 4.15. The van der Waals surface area contributed by atoms with Gasteiger partial charge < -0.3 is 24.4 Å². The average molecular weight is 439 g/mol. The number of nitrogens with one attached hydrogen (secondary N) is 1. The Morgan fingerprint density at radius 3 is 2.13 bits per heavy atom. The summed E-state index contributed by atoms with van der Waals surface area (Å²) in [5.41, 5.74) is -1.48. The smallest absolute Gasteiger partial charge is 0.437 e. The van der Waals surface area contributed by atoms with Crippen molar-refractivity contribution in [3.05, 3.63) is 0 Å². The zero-order chi connectivity index (χ0) is 23.8. The predicted molar refractivity (Wildman–Crippen MR) is 116 cm³/mol. The van der Waals surface area contributed by atoms with Crippen LogP contribution in [0.2, 0.25) is 0 Å². The van der Waals surface area contributed by atoms with Gasteiger partial charge >= 0.3 is 18.3 Å². The predicted octanol–water partition coefficient (Wildman–Crippen LogP) is 3.27.